The van der Waals surface area contributed by atoms with Crippen molar-refractivity contribution in [3.8, 4) is 0 Å². The van der Waals surface area contributed by atoms with E-state index in [1.165, 1.54) is 30.4 Å². The van der Waals surface area contributed by atoms with E-state index in [-0.39, 0.29) is 11.6 Å². The zero-order valence-corrected chi connectivity index (χ0v) is 11.7. The van der Waals surface area contributed by atoms with Crippen LogP contribution in [0.1, 0.15) is 49.3 Å². The zero-order valence-electron chi connectivity index (χ0n) is 11.7. The summed E-state index contributed by atoms with van der Waals surface area (Å²) in [6, 6.07) is 8.98. The molecule has 3 nitrogen and oxygen atoms in total. The number of hydrogen-bond donors (Lipinski definition) is 2. The van der Waals surface area contributed by atoms with Crippen LogP contribution in [0.4, 0.5) is 0 Å². The number of ether oxygens (including phenoxy) is 1. The maximum absolute atomic E-state index is 6.01. The molecule has 1 saturated carbocycles. The number of hydrazine groups is 1. The fourth-order valence-corrected chi connectivity index (χ4v) is 3.55. The summed E-state index contributed by atoms with van der Waals surface area (Å²) in [5.74, 6) is 6.42. The molecule has 3 N–H and O–H groups in total. The van der Waals surface area contributed by atoms with E-state index in [0.29, 0.717) is 5.92 Å². The topological polar surface area (TPSA) is 47.3 Å². The highest BCUT2D eigenvalue weighted by Crippen LogP contribution is 2.47. The highest BCUT2D eigenvalue weighted by molar-refractivity contribution is 5.25. The van der Waals surface area contributed by atoms with Gasteiger partial charge in [-0.2, -0.15) is 0 Å². The van der Waals surface area contributed by atoms with E-state index in [4.69, 9.17) is 10.6 Å². The molecule has 0 aromatic heterocycles. The fourth-order valence-electron chi connectivity index (χ4n) is 3.55. The molecule has 1 spiro atoms. The smallest absolute Gasteiger partial charge is 0.0686 e. The predicted molar refractivity (Wildman–Crippen MR) is 76.5 cm³/mol. The second-order valence-corrected chi connectivity index (χ2v) is 6.19. The lowest BCUT2D eigenvalue weighted by Crippen LogP contribution is -2.48. The van der Waals surface area contributed by atoms with Crippen LogP contribution in [0.25, 0.3) is 0 Å². The van der Waals surface area contributed by atoms with Crippen molar-refractivity contribution in [2.24, 2.45) is 11.8 Å². The molecule has 2 unspecified atom stereocenters. The summed E-state index contributed by atoms with van der Waals surface area (Å²) in [4.78, 5) is 0. The van der Waals surface area contributed by atoms with E-state index in [1.807, 2.05) is 0 Å². The average Bonchev–Trinajstić information content (AvgIpc) is 2.40. The van der Waals surface area contributed by atoms with E-state index in [2.05, 4.69) is 36.6 Å². The van der Waals surface area contributed by atoms with E-state index in [1.54, 1.807) is 0 Å². The zero-order chi connectivity index (χ0) is 13.3. The third-order valence-electron chi connectivity index (χ3n) is 4.88. The van der Waals surface area contributed by atoms with Gasteiger partial charge in [-0.3, -0.25) is 11.3 Å². The molecular weight excluding hydrogens is 236 g/mol. The normalized spacial score (nSPS) is 26.9. The summed E-state index contributed by atoms with van der Waals surface area (Å²) in [5.41, 5.74) is 5.82. The number of rotatable bonds is 3. The Morgan fingerprint density at radius 2 is 2.05 bits per heavy atom. The van der Waals surface area contributed by atoms with Gasteiger partial charge in [0.05, 0.1) is 5.60 Å². The summed E-state index contributed by atoms with van der Waals surface area (Å²) >= 11 is 0. The average molecular weight is 260 g/mol. The first-order valence-corrected chi connectivity index (χ1v) is 7.39. The minimum absolute atomic E-state index is 0.183. The van der Waals surface area contributed by atoms with E-state index in [9.17, 15) is 0 Å². The second-order valence-electron chi connectivity index (χ2n) is 6.19. The molecule has 3 heteroatoms. The molecule has 2 fully saturated rings. The van der Waals surface area contributed by atoms with Crippen LogP contribution < -0.4 is 11.3 Å². The Bertz CT molecular complexity index is 425. The molecule has 0 bridgehead atoms. The maximum Gasteiger partial charge on any atom is 0.0686 e. The van der Waals surface area contributed by atoms with Gasteiger partial charge in [0.2, 0.25) is 0 Å². The van der Waals surface area contributed by atoms with Crippen molar-refractivity contribution in [3.05, 3.63) is 35.4 Å². The quantitative estimate of drug-likeness (QED) is 0.649. The number of hydrogen-bond acceptors (Lipinski definition) is 3. The minimum Gasteiger partial charge on any atom is -0.375 e. The maximum atomic E-state index is 6.01. The summed E-state index contributed by atoms with van der Waals surface area (Å²) in [6.45, 7) is 3.00. The molecule has 1 aliphatic carbocycles. The molecule has 19 heavy (non-hydrogen) atoms. The largest absolute Gasteiger partial charge is 0.375 e. The van der Waals surface area contributed by atoms with E-state index < -0.39 is 0 Å². The van der Waals surface area contributed by atoms with Crippen molar-refractivity contribution in [1.29, 1.82) is 0 Å². The van der Waals surface area contributed by atoms with Gasteiger partial charge in [-0.05, 0) is 50.5 Å². The molecule has 2 aliphatic rings. The molecule has 1 heterocycles. The Kier molecular flexibility index (Phi) is 3.61. The van der Waals surface area contributed by atoms with Crippen LogP contribution in [0.15, 0.2) is 24.3 Å². The van der Waals surface area contributed by atoms with Crippen LogP contribution >= 0.6 is 0 Å². The van der Waals surface area contributed by atoms with Crippen LogP contribution in [0, 0.1) is 12.8 Å². The molecule has 3 rings (SSSR count). The van der Waals surface area contributed by atoms with Gasteiger partial charge in [0.1, 0.15) is 0 Å². The van der Waals surface area contributed by atoms with Gasteiger partial charge in [0.15, 0.2) is 0 Å². The lowest BCUT2D eigenvalue weighted by atomic mass is 9.70. The van der Waals surface area contributed by atoms with Crippen molar-refractivity contribution in [1.82, 2.24) is 5.43 Å². The first-order chi connectivity index (χ1) is 9.22. The standard InChI is InChI=1S/C16H24N2O/c1-12-3-5-13(6-4-12)15(18-17)14-7-10-19-16(11-14)8-2-9-16/h3-6,14-15,18H,2,7-11,17H2,1H3. The van der Waals surface area contributed by atoms with Crippen LogP contribution in [0.3, 0.4) is 0 Å². The lowest BCUT2D eigenvalue weighted by molar-refractivity contribution is -0.147. The molecule has 1 aliphatic heterocycles. The van der Waals surface area contributed by atoms with Gasteiger partial charge in [-0.15, -0.1) is 0 Å². The first kappa shape index (κ1) is 13.1. The van der Waals surface area contributed by atoms with E-state index >= 15 is 0 Å². The van der Waals surface area contributed by atoms with Gasteiger partial charge in [0.25, 0.3) is 0 Å². The SMILES string of the molecule is Cc1ccc(C(NN)C2CCOC3(CCC3)C2)cc1. The highest BCUT2D eigenvalue weighted by Gasteiger charge is 2.44. The summed E-state index contributed by atoms with van der Waals surface area (Å²) in [7, 11) is 0. The third kappa shape index (κ3) is 2.55. The van der Waals surface area contributed by atoms with Crippen LogP contribution in [0.5, 0.6) is 0 Å². The fraction of sp³-hybridized carbons (Fsp3) is 0.625. The summed E-state index contributed by atoms with van der Waals surface area (Å²) in [6.07, 6.45) is 6.03. The summed E-state index contributed by atoms with van der Waals surface area (Å²) in [5, 5.41) is 0. The van der Waals surface area contributed by atoms with Crippen molar-refractivity contribution in [2.45, 2.75) is 50.7 Å². The third-order valence-corrected chi connectivity index (χ3v) is 4.88. The van der Waals surface area contributed by atoms with Crippen LogP contribution in [0.2, 0.25) is 0 Å². The molecule has 0 radical (unpaired) electrons. The minimum atomic E-state index is 0.183. The molecule has 0 amide bonds. The van der Waals surface area contributed by atoms with Gasteiger partial charge < -0.3 is 4.74 Å². The highest BCUT2D eigenvalue weighted by atomic mass is 16.5. The van der Waals surface area contributed by atoms with Gasteiger partial charge in [-0.1, -0.05) is 29.8 Å². The van der Waals surface area contributed by atoms with Crippen LogP contribution in [-0.4, -0.2) is 12.2 Å². The molecule has 1 saturated heterocycles. The molecule has 1 aromatic carbocycles. The van der Waals surface area contributed by atoms with Crippen molar-refractivity contribution < 1.29 is 4.74 Å². The summed E-state index contributed by atoms with van der Waals surface area (Å²) < 4.78 is 6.01. The molecule has 1 aromatic rings. The van der Waals surface area contributed by atoms with E-state index in [0.717, 1.165) is 19.4 Å². The van der Waals surface area contributed by atoms with Crippen LogP contribution in [-0.2, 0) is 4.74 Å². The van der Waals surface area contributed by atoms with Crippen molar-refractivity contribution >= 4 is 0 Å². The van der Waals surface area contributed by atoms with Gasteiger partial charge in [-0.25, -0.2) is 0 Å². The Morgan fingerprint density at radius 3 is 2.63 bits per heavy atom. The Morgan fingerprint density at radius 1 is 1.32 bits per heavy atom. The van der Waals surface area contributed by atoms with Crippen molar-refractivity contribution in [3.63, 3.8) is 0 Å². The number of nitrogens with two attached hydrogens (primary N) is 1. The number of benzene rings is 1. The molecular formula is C16H24N2O. The predicted octanol–water partition coefficient (Wildman–Crippen LogP) is 2.85. The Balaban J connectivity index is 1.76. The number of aryl methyl sites for hydroxylation is 1. The first-order valence-electron chi connectivity index (χ1n) is 7.39. The van der Waals surface area contributed by atoms with Gasteiger partial charge in [0, 0.05) is 12.6 Å². The molecule has 104 valence electrons. The number of nitrogens with one attached hydrogen (secondary N) is 1. The van der Waals surface area contributed by atoms with Gasteiger partial charge >= 0.3 is 0 Å². The Hall–Kier alpha value is -0.900. The molecule has 2 atom stereocenters. The second kappa shape index (κ2) is 5.23. The Labute approximate surface area is 115 Å². The lowest BCUT2D eigenvalue weighted by Gasteiger charge is -2.48. The van der Waals surface area contributed by atoms with Crippen molar-refractivity contribution in [2.75, 3.05) is 6.61 Å². The monoisotopic (exact) mass is 260 g/mol.